The van der Waals surface area contributed by atoms with Crippen molar-refractivity contribution in [2.24, 2.45) is 23.7 Å². The number of carbonyl (C=O) groups is 4. The van der Waals surface area contributed by atoms with E-state index in [9.17, 15) is 39.6 Å². The SMILES string of the molecule is C.C.C.C.C.CCC=CCC(C(=O)O)C(CC=CCC(C(=O)[O-])C(C)C(=O)[O-])C(=O)O.[Li+].[Li+]. The number of carboxylic acid groups (broad SMARTS) is 4. The second-order valence-corrected chi connectivity index (χ2v) is 5.98. The molecule has 2 N–H and O–H groups in total. The van der Waals surface area contributed by atoms with Crippen LogP contribution in [0, 0.1) is 23.7 Å². The number of aliphatic carboxylic acids is 4. The van der Waals surface area contributed by atoms with Crippen molar-refractivity contribution in [1.82, 2.24) is 0 Å². The molecule has 0 spiro atoms. The molecule has 0 radical (unpaired) electrons. The van der Waals surface area contributed by atoms with Crippen molar-refractivity contribution in [3.05, 3.63) is 24.3 Å². The Balaban J connectivity index is -0.000000149. The van der Waals surface area contributed by atoms with Crippen LogP contribution >= 0.6 is 0 Å². The van der Waals surface area contributed by atoms with E-state index in [1.165, 1.54) is 19.1 Å². The molecule has 0 aliphatic carbocycles. The van der Waals surface area contributed by atoms with E-state index in [-0.39, 0.29) is 94.1 Å². The maximum Gasteiger partial charge on any atom is 1.00 e. The molecular formula is C23H44Li2O8. The van der Waals surface area contributed by atoms with Crippen LogP contribution in [0.25, 0.3) is 0 Å². The van der Waals surface area contributed by atoms with Gasteiger partial charge >= 0.3 is 49.7 Å². The van der Waals surface area contributed by atoms with Gasteiger partial charge in [0, 0.05) is 23.8 Å². The molecule has 0 fully saturated rings. The summed E-state index contributed by atoms with van der Waals surface area (Å²) in [6.45, 7) is 3.05. The minimum absolute atomic E-state index is 0. The molecule has 0 bridgehead atoms. The molecule has 0 aromatic carbocycles. The standard InChI is InChI=1S/C18H26O8.5CH4.2Li/c1-3-4-5-9-13(17(23)24)14(18(25)26)10-7-6-8-12(16(21)22)11(2)15(19)20;;;;;;;/h4-7,11-14H,3,8-10H2,1-2H3,(H,19,20)(H,21,22)(H,23,24)(H,25,26);5*1H4;;/q;;;;;;2*+1/p-2. The van der Waals surface area contributed by atoms with E-state index in [4.69, 9.17) is 0 Å². The Labute approximate surface area is 225 Å². The third-order valence-corrected chi connectivity index (χ3v) is 4.14. The average Bonchev–Trinajstić information content (AvgIpc) is 2.54. The number of allylic oxidation sites excluding steroid dienone is 4. The number of carboxylic acids is 4. The van der Waals surface area contributed by atoms with Crippen LogP contribution in [0.1, 0.15) is 76.7 Å². The summed E-state index contributed by atoms with van der Waals surface area (Å²) < 4.78 is 0. The smallest absolute Gasteiger partial charge is 0.550 e. The van der Waals surface area contributed by atoms with Crippen LogP contribution in [0.4, 0.5) is 0 Å². The van der Waals surface area contributed by atoms with Gasteiger partial charge in [0.2, 0.25) is 0 Å². The molecule has 0 saturated carbocycles. The minimum Gasteiger partial charge on any atom is -0.550 e. The Kier molecular flexibility index (Phi) is 46.0. The van der Waals surface area contributed by atoms with Gasteiger partial charge in [-0.15, -0.1) is 0 Å². The van der Waals surface area contributed by atoms with E-state index < -0.39 is 47.5 Å². The van der Waals surface area contributed by atoms with Crippen molar-refractivity contribution in [2.75, 3.05) is 0 Å². The van der Waals surface area contributed by atoms with Crippen LogP contribution in [-0.2, 0) is 19.2 Å². The van der Waals surface area contributed by atoms with Crippen molar-refractivity contribution in [1.29, 1.82) is 0 Å². The van der Waals surface area contributed by atoms with Gasteiger partial charge in [0.05, 0.1) is 11.8 Å². The van der Waals surface area contributed by atoms with Gasteiger partial charge in [-0.1, -0.05) is 75.3 Å². The second kappa shape index (κ2) is 28.6. The van der Waals surface area contributed by atoms with Crippen LogP contribution in [0.3, 0.4) is 0 Å². The first-order valence-corrected chi connectivity index (χ1v) is 8.30. The van der Waals surface area contributed by atoms with Gasteiger partial charge in [0.25, 0.3) is 0 Å². The fraction of sp³-hybridized carbons (Fsp3) is 0.652. The molecule has 8 nitrogen and oxygen atoms in total. The molecule has 0 aliphatic heterocycles. The monoisotopic (exact) mass is 462 g/mol. The zero-order valence-electron chi connectivity index (χ0n) is 16.8. The van der Waals surface area contributed by atoms with Crippen LogP contribution in [-0.4, -0.2) is 34.1 Å². The molecule has 0 amide bonds. The molecule has 4 atom stereocenters. The van der Waals surface area contributed by atoms with E-state index in [0.717, 1.165) is 0 Å². The first-order valence-electron chi connectivity index (χ1n) is 8.30. The molecule has 0 rings (SSSR count). The molecule has 0 aliphatic rings. The van der Waals surface area contributed by atoms with Crippen LogP contribution < -0.4 is 47.9 Å². The number of carbonyl (C=O) groups excluding carboxylic acids is 2. The molecular weight excluding hydrogens is 418 g/mol. The van der Waals surface area contributed by atoms with E-state index in [0.29, 0.717) is 6.42 Å². The minimum atomic E-state index is -1.55. The summed E-state index contributed by atoms with van der Waals surface area (Å²) in [4.78, 5) is 44.6. The molecule has 0 heterocycles. The van der Waals surface area contributed by atoms with Crippen molar-refractivity contribution in [3.63, 3.8) is 0 Å². The molecule has 10 heteroatoms. The summed E-state index contributed by atoms with van der Waals surface area (Å²) >= 11 is 0. The zero-order chi connectivity index (χ0) is 20.3. The zero-order valence-corrected chi connectivity index (χ0v) is 16.8. The summed E-state index contributed by atoms with van der Waals surface area (Å²) in [7, 11) is 0. The Hall–Kier alpha value is -1.45. The summed E-state index contributed by atoms with van der Waals surface area (Å²) in [5.74, 6) is -10.5. The third-order valence-electron chi connectivity index (χ3n) is 4.14. The van der Waals surface area contributed by atoms with E-state index in [1.807, 2.05) is 6.92 Å². The van der Waals surface area contributed by atoms with Crippen molar-refractivity contribution in [3.8, 4) is 0 Å². The van der Waals surface area contributed by atoms with Crippen LogP contribution in [0.2, 0.25) is 0 Å². The molecule has 0 aromatic heterocycles. The molecule has 0 saturated heterocycles. The number of hydrogen-bond donors (Lipinski definition) is 2. The summed E-state index contributed by atoms with van der Waals surface area (Å²) in [5, 5.41) is 40.4. The Bertz CT molecular complexity index is 577. The van der Waals surface area contributed by atoms with Gasteiger partial charge in [0.1, 0.15) is 0 Å². The first kappa shape index (κ1) is 53.1. The quantitative estimate of drug-likeness (QED) is 0.217. The summed E-state index contributed by atoms with van der Waals surface area (Å²) in [6.07, 6.45) is 6.51. The largest absolute Gasteiger partial charge is 1.00 e. The fourth-order valence-corrected chi connectivity index (χ4v) is 2.44. The number of hydrogen-bond acceptors (Lipinski definition) is 6. The van der Waals surface area contributed by atoms with Crippen LogP contribution in [0.15, 0.2) is 24.3 Å². The number of rotatable bonds is 13. The Morgan fingerprint density at radius 1 is 0.667 bits per heavy atom. The van der Waals surface area contributed by atoms with Gasteiger partial charge in [-0.05, 0) is 25.7 Å². The maximum absolute atomic E-state index is 11.4. The fourth-order valence-electron chi connectivity index (χ4n) is 2.44. The van der Waals surface area contributed by atoms with Crippen molar-refractivity contribution >= 4 is 23.9 Å². The van der Waals surface area contributed by atoms with E-state index in [1.54, 1.807) is 12.2 Å². The van der Waals surface area contributed by atoms with Gasteiger partial charge in [-0.25, -0.2) is 0 Å². The van der Waals surface area contributed by atoms with Gasteiger partial charge in [-0.2, -0.15) is 0 Å². The normalized spacial score (nSPS) is 12.8. The van der Waals surface area contributed by atoms with Gasteiger partial charge in [0.15, 0.2) is 0 Å². The molecule has 33 heavy (non-hydrogen) atoms. The van der Waals surface area contributed by atoms with Gasteiger partial charge < -0.3 is 30.0 Å². The second-order valence-electron chi connectivity index (χ2n) is 5.98. The molecule has 0 aromatic rings. The Morgan fingerprint density at radius 2 is 0.970 bits per heavy atom. The van der Waals surface area contributed by atoms with Crippen molar-refractivity contribution < 1.29 is 77.3 Å². The maximum atomic E-state index is 11.4. The molecule has 4 unspecified atom stereocenters. The summed E-state index contributed by atoms with van der Waals surface area (Å²) in [6, 6.07) is 0. The summed E-state index contributed by atoms with van der Waals surface area (Å²) in [5.41, 5.74) is 0. The third kappa shape index (κ3) is 20.9. The predicted molar refractivity (Wildman–Crippen MR) is 121 cm³/mol. The molecule has 186 valence electrons. The first-order chi connectivity index (χ1) is 12.1. The Morgan fingerprint density at radius 3 is 1.21 bits per heavy atom. The van der Waals surface area contributed by atoms with Gasteiger partial charge in [-0.3, -0.25) is 9.59 Å². The van der Waals surface area contributed by atoms with Crippen molar-refractivity contribution in [2.45, 2.75) is 76.7 Å². The topological polar surface area (TPSA) is 155 Å². The van der Waals surface area contributed by atoms with E-state index >= 15 is 0 Å². The predicted octanol–water partition coefficient (Wildman–Crippen LogP) is -2.98. The van der Waals surface area contributed by atoms with Crippen LogP contribution in [0.5, 0.6) is 0 Å². The van der Waals surface area contributed by atoms with E-state index in [2.05, 4.69) is 0 Å². The average molecular weight is 462 g/mol.